The van der Waals surface area contributed by atoms with Crippen LogP contribution in [0.2, 0.25) is 0 Å². The molecule has 8 nitrogen and oxygen atoms in total. The summed E-state index contributed by atoms with van der Waals surface area (Å²) < 4.78 is 46.3. The molecule has 2 aromatic rings. The van der Waals surface area contributed by atoms with Crippen LogP contribution in [0.3, 0.4) is 0 Å². The van der Waals surface area contributed by atoms with Crippen molar-refractivity contribution < 1.29 is 22.8 Å². The first-order valence-electron chi connectivity index (χ1n) is 9.39. The predicted octanol–water partition coefficient (Wildman–Crippen LogP) is 2.08. The Hall–Kier alpha value is -2.33. The molecule has 0 aromatic carbocycles. The quantitative estimate of drug-likeness (QED) is 0.815. The first-order chi connectivity index (χ1) is 13.7. The summed E-state index contributed by atoms with van der Waals surface area (Å²) in [6.07, 6.45) is 1.93. The zero-order valence-corrected chi connectivity index (χ0v) is 15.0. The van der Waals surface area contributed by atoms with Gasteiger partial charge in [0.05, 0.1) is 18.1 Å². The molecule has 0 radical (unpaired) electrons. The third-order valence-corrected chi connectivity index (χ3v) is 4.93. The highest BCUT2D eigenvalue weighted by atomic mass is 32.1. The summed E-state index contributed by atoms with van der Waals surface area (Å²) in [5.74, 6) is -1.13. The minimum Gasteiger partial charge on any atom is -0.481 e. The van der Waals surface area contributed by atoms with Crippen molar-refractivity contribution in [3.8, 4) is 11.8 Å². The Morgan fingerprint density at radius 2 is 2.35 bits per heavy atom. The van der Waals surface area contributed by atoms with Crippen molar-refractivity contribution in [2.45, 2.75) is 38.9 Å². The lowest BCUT2D eigenvalue weighted by Crippen LogP contribution is -2.28. The summed E-state index contributed by atoms with van der Waals surface area (Å²) in [5, 5.41) is 2.05. The summed E-state index contributed by atoms with van der Waals surface area (Å²) in [5.41, 5.74) is 0. The molecule has 3 heterocycles. The van der Waals surface area contributed by atoms with Crippen molar-refractivity contribution in [2.75, 3.05) is 19.0 Å². The van der Waals surface area contributed by atoms with Crippen LogP contribution in [0.4, 0.5) is 9.52 Å². The third-order valence-electron chi connectivity index (χ3n) is 4.00. The van der Waals surface area contributed by atoms with E-state index in [1.165, 1.54) is 13.4 Å². The van der Waals surface area contributed by atoms with Crippen LogP contribution in [0.1, 0.15) is 29.2 Å². The molecule has 1 amide bonds. The van der Waals surface area contributed by atoms with Crippen molar-refractivity contribution in [1.29, 1.82) is 0 Å². The average Bonchev–Trinajstić information content (AvgIpc) is 3.16. The Morgan fingerprint density at radius 1 is 1.54 bits per heavy atom. The highest BCUT2D eigenvalue weighted by Gasteiger charge is 2.32. The number of ether oxygens (including phenoxy) is 2. The number of hydrogen-bond acceptors (Lipinski definition) is 8. The number of likely N-dealkylation sites (tertiary alicyclic amines) is 1. The number of anilines is 1. The smallest absolute Gasteiger partial charge is 0.230 e. The molecule has 2 atom stereocenters. The van der Waals surface area contributed by atoms with Crippen LogP contribution in [0.5, 0.6) is 11.8 Å². The topological polar surface area (TPSA) is 89.5 Å². The molecule has 1 aliphatic heterocycles. The molecule has 0 saturated carbocycles. The largest absolute Gasteiger partial charge is 0.481 e. The minimum absolute atomic E-state index is 0.0774. The Bertz CT molecular complexity index is 882. The first-order valence-corrected chi connectivity index (χ1v) is 8.70. The van der Waals surface area contributed by atoms with Crippen molar-refractivity contribution in [2.24, 2.45) is 0 Å². The number of halogens is 1. The Balaban J connectivity index is 1.61. The maximum Gasteiger partial charge on any atom is 0.230 e. The van der Waals surface area contributed by atoms with Crippen LogP contribution in [0.25, 0.3) is 0 Å². The van der Waals surface area contributed by atoms with E-state index in [9.17, 15) is 9.18 Å². The van der Waals surface area contributed by atoms with Gasteiger partial charge in [-0.1, -0.05) is 11.3 Å². The van der Waals surface area contributed by atoms with E-state index >= 15 is 0 Å². The number of amides is 1. The second-order valence-electron chi connectivity index (χ2n) is 5.84. The van der Waals surface area contributed by atoms with E-state index in [4.69, 9.17) is 13.6 Å². The number of hydrogen-bond donors (Lipinski definition) is 1. The van der Waals surface area contributed by atoms with Crippen LogP contribution in [0.15, 0.2) is 12.4 Å². The standard InChI is InChI=1S/C16H20FN5O3S/c1-9-4-11(25-14-5-13(24-3)18-8-19-14)6-22(9)7-12-15(17)21-16(26-12)20-10(2)23/h5,8-9,11H,4,6-7H2,1-3H3,(H,20,21,23)/t9-,11+/m0/s1/i2D3. The number of carbonyl (C=O) groups is 1. The number of aromatic nitrogens is 3. The van der Waals surface area contributed by atoms with E-state index in [1.807, 2.05) is 11.8 Å². The normalized spacial score (nSPS) is 22.3. The van der Waals surface area contributed by atoms with Crippen LogP contribution in [0, 0.1) is 5.95 Å². The maximum atomic E-state index is 14.2. The van der Waals surface area contributed by atoms with Gasteiger partial charge in [0, 0.05) is 36.5 Å². The molecule has 0 bridgehead atoms. The molecule has 140 valence electrons. The molecule has 2 aromatic heterocycles. The van der Waals surface area contributed by atoms with E-state index in [-0.39, 0.29) is 23.8 Å². The molecule has 1 aliphatic rings. The summed E-state index contributed by atoms with van der Waals surface area (Å²) in [6, 6.07) is 1.71. The van der Waals surface area contributed by atoms with Gasteiger partial charge in [0.1, 0.15) is 12.4 Å². The van der Waals surface area contributed by atoms with Gasteiger partial charge in [0.25, 0.3) is 0 Å². The third kappa shape index (κ3) is 4.44. The highest BCUT2D eigenvalue weighted by molar-refractivity contribution is 7.15. The summed E-state index contributed by atoms with van der Waals surface area (Å²) in [6.45, 7) is -0.0107. The lowest BCUT2D eigenvalue weighted by Gasteiger charge is -2.19. The van der Waals surface area contributed by atoms with Crippen LogP contribution in [-0.4, -0.2) is 51.6 Å². The van der Waals surface area contributed by atoms with E-state index in [1.54, 1.807) is 6.07 Å². The molecule has 10 heteroatoms. The zero-order valence-electron chi connectivity index (χ0n) is 17.2. The summed E-state index contributed by atoms with van der Waals surface area (Å²) in [4.78, 5) is 25.5. The number of nitrogens with zero attached hydrogens (tertiary/aromatic N) is 4. The van der Waals surface area contributed by atoms with E-state index < -0.39 is 18.7 Å². The molecule has 1 N–H and O–H groups in total. The van der Waals surface area contributed by atoms with Gasteiger partial charge in [-0.05, 0) is 6.92 Å². The SMILES string of the molecule is [2H]C([2H])([2H])C(=O)Nc1nc(F)c(CN2C[C@H](Oc3cc(OC)ncn3)C[C@@H]2C)s1. The van der Waals surface area contributed by atoms with Crippen LogP contribution in [-0.2, 0) is 11.3 Å². The zero-order chi connectivity index (χ0) is 21.2. The Labute approximate surface area is 158 Å². The maximum absolute atomic E-state index is 14.2. The van der Waals surface area contributed by atoms with Crippen LogP contribution >= 0.6 is 11.3 Å². The molecule has 0 aliphatic carbocycles. The monoisotopic (exact) mass is 384 g/mol. The first kappa shape index (κ1) is 14.8. The average molecular weight is 384 g/mol. The highest BCUT2D eigenvalue weighted by Crippen LogP contribution is 2.28. The molecule has 0 spiro atoms. The molecule has 1 saturated heterocycles. The van der Waals surface area contributed by atoms with E-state index in [0.717, 1.165) is 17.8 Å². The second kappa shape index (κ2) is 7.92. The number of carbonyl (C=O) groups excluding carboxylic acids is 1. The van der Waals surface area contributed by atoms with Gasteiger partial charge in [-0.15, -0.1) is 0 Å². The molecule has 0 unspecified atom stereocenters. The second-order valence-corrected chi connectivity index (χ2v) is 6.92. The van der Waals surface area contributed by atoms with Gasteiger partial charge < -0.3 is 14.8 Å². The van der Waals surface area contributed by atoms with Crippen molar-refractivity contribution >= 4 is 22.4 Å². The lowest BCUT2D eigenvalue weighted by atomic mass is 10.2. The van der Waals surface area contributed by atoms with Gasteiger partial charge in [0.2, 0.25) is 23.6 Å². The lowest BCUT2D eigenvalue weighted by molar-refractivity contribution is -0.114. The van der Waals surface area contributed by atoms with E-state index in [0.29, 0.717) is 23.2 Å². The Morgan fingerprint density at radius 3 is 3.12 bits per heavy atom. The van der Waals surface area contributed by atoms with Gasteiger partial charge in [-0.2, -0.15) is 9.37 Å². The molecule has 26 heavy (non-hydrogen) atoms. The van der Waals surface area contributed by atoms with Crippen molar-refractivity contribution in [1.82, 2.24) is 19.9 Å². The predicted molar refractivity (Wildman–Crippen MR) is 93.9 cm³/mol. The van der Waals surface area contributed by atoms with E-state index in [2.05, 4.69) is 20.3 Å². The number of thiazole rings is 1. The van der Waals surface area contributed by atoms with Gasteiger partial charge >= 0.3 is 0 Å². The van der Waals surface area contributed by atoms with Gasteiger partial charge in [-0.25, -0.2) is 9.97 Å². The van der Waals surface area contributed by atoms with Crippen molar-refractivity contribution in [3.63, 3.8) is 0 Å². The summed E-state index contributed by atoms with van der Waals surface area (Å²) in [7, 11) is 1.50. The fourth-order valence-corrected chi connectivity index (χ4v) is 3.65. The molecular weight excluding hydrogens is 361 g/mol. The number of rotatable bonds is 6. The Kier molecular flexibility index (Phi) is 4.51. The molecule has 3 rings (SSSR count). The number of nitrogens with one attached hydrogen (secondary N) is 1. The van der Waals surface area contributed by atoms with Gasteiger partial charge in [0.15, 0.2) is 5.13 Å². The molecular formula is C16H20FN5O3S. The van der Waals surface area contributed by atoms with Crippen LogP contribution < -0.4 is 14.8 Å². The van der Waals surface area contributed by atoms with Gasteiger partial charge in [-0.3, -0.25) is 9.69 Å². The fourth-order valence-electron chi connectivity index (χ4n) is 2.79. The molecule has 1 fully saturated rings. The summed E-state index contributed by atoms with van der Waals surface area (Å²) >= 11 is 0.915. The van der Waals surface area contributed by atoms with Crippen molar-refractivity contribution in [3.05, 3.63) is 23.2 Å². The fraction of sp³-hybridized carbons (Fsp3) is 0.500. The number of methoxy groups -OCH3 is 1. The minimum atomic E-state index is -2.82.